The molecule has 84 valence electrons. The summed E-state index contributed by atoms with van der Waals surface area (Å²) in [7, 11) is 0. The Hall–Kier alpha value is -1.18. The number of benzene rings is 1. The van der Waals surface area contributed by atoms with Crippen LogP contribution in [0.2, 0.25) is 0 Å². The minimum absolute atomic E-state index is 0.202. The molecule has 1 aromatic rings. The normalized spacial score (nSPS) is 11.5. The lowest BCUT2D eigenvalue weighted by Gasteiger charge is -2.23. The molecule has 1 aromatic carbocycles. The fraction of sp³-hybridized carbons (Fsp3) is 0.538. The molecule has 0 bridgehead atoms. The Morgan fingerprint density at radius 2 is 1.87 bits per heavy atom. The molecule has 0 saturated heterocycles. The maximum Gasteiger partial charge on any atom is 0.123 e. The molecule has 0 atom stereocenters. The number of hydrogen-bond donors (Lipinski definition) is 1. The Morgan fingerprint density at radius 1 is 1.27 bits per heavy atom. The van der Waals surface area contributed by atoms with Crippen molar-refractivity contribution in [3.8, 4) is 11.5 Å². The monoisotopic (exact) mass is 208 g/mol. The molecule has 0 saturated carbocycles. The first-order valence-corrected chi connectivity index (χ1v) is 5.35. The summed E-state index contributed by atoms with van der Waals surface area (Å²) in [5.74, 6) is 1.22. The standard InChI is InChI=1S/C13H20O2/c1-6-10-9(2)12(8-7-11(10)14)15-13(3,4)5/h7-8,14H,6H2,1-5H3. The molecule has 2 nitrogen and oxygen atoms in total. The van der Waals surface area contributed by atoms with E-state index < -0.39 is 0 Å². The van der Waals surface area contributed by atoms with Crippen LogP contribution >= 0.6 is 0 Å². The average Bonchev–Trinajstić information content (AvgIpc) is 2.09. The van der Waals surface area contributed by atoms with Crippen molar-refractivity contribution in [3.05, 3.63) is 23.3 Å². The van der Waals surface area contributed by atoms with Crippen LogP contribution in [0.5, 0.6) is 11.5 Å². The van der Waals surface area contributed by atoms with Crippen molar-refractivity contribution in [1.29, 1.82) is 0 Å². The zero-order chi connectivity index (χ0) is 11.6. The summed E-state index contributed by atoms with van der Waals surface area (Å²) in [6.45, 7) is 10.1. The molecule has 0 amide bonds. The van der Waals surface area contributed by atoms with E-state index >= 15 is 0 Å². The molecule has 15 heavy (non-hydrogen) atoms. The summed E-state index contributed by atoms with van der Waals surface area (Å²) < 4.78 is 5.82. The van der Waals surface area contributed by atoms with Gasteiger partial charge in [-0.1, -0.05) is 6.92 Å². The van der Waals surface area contributed by atoms with Gasteiger partial charge in [0.15, 0.2) is 0 Å². The smallest absolute Gasteiger partial charge is 0.123 e. The molecule has 0 aromatic heterocycles. The van der Waals surface area contributed by atoms with E-state index in [1.54, 1.807) is 6.07 Å². The van der Waals surface area contributed by atoms with E-state index in [0.717, 1.165) is 23.3 Å². The van der Waals surface area contributed by atoms with Crippen molar-refractivity contribution >= 4 is 0 Å². The second-order valence-corrected chi connectivity index (χ2v) is 4.75. The number of phenols is 1. The summed E-state index contributed by atoms with van der Waals surface area (Å²) in [6.07, 6.45) is 0.818. The van der Waals surface area contributed by atoms with Crippen LogP contribution in [0.1, 0.15) is 38.8 Å². The number of hydrogen-bond acceptors (Lipinski definition) is 2. The SMILES string of the molecule is CCc1c(O)ccc(OC(C)(C)C)c1C. The van der Waals surface area contributed by atoms with Crippen LogP contribution in [0.4, 0.5) is 0 Å². The number of aromatic hydroxyl groups is 1. The fourth-order valence-electron chi connectivity index (χ4n) is 1.61. The Morgan fingerprint density at radius 3 is 2.33 bits per heavy atom. The van der Waals surface area contributed by atoms with Crippen LogP contribution in [0.25, 0.3) is 0 Å². The molecule has 0 radical (unpaired) electrons. The van der Waals surface area contributed by atoms with Crippen molar-refractivity contribution in [1.82, 2.24) is 0 Å². The van der Waals surface area contributed by atoms with E-state index in [-0.39, 0.29) is 5.60 Å². The number of ether oxygens (including phenoxy) is 1. The van der Waals surface area contributed by atoms with Gasteiger partial charge in [0.25, 0.3) is 0 Å². The third-order valence-corrected chi connectivity index (χ3v) is 2.29. The van der Waals surface area contributed by atoms with Crippen LogP contribution in [0.3, 0.4) is 0 Å². The van der Waals surface area contributed by atoms with Gasteiger partial charge >= 0.3 is 0 Å². The van der Waals surface area contributed by atoms with Crippen molar-refractivity contribution in [3.63, 3.8) is 0 Å². The van der Waals surface area contributed by atoms with E-state index in [1.165, 1.54) is 0 Å². The first-order chi connectivity index (χ1) is 6.85. The van der Waals surface area contributed by atoms with Crippen LogP contribution in [-0.2, 0) is 6.42 Å². The molecule has 0 fully saturated rings. The minimum Gasteiger partial charge on any atom is -0.508 e. The zero-order valence-electron chi connectivity index (χ0n) is 10.2. The van der Waals surface area contributed by atoms with Crippen molar-refractivity contribution in [2.45, 2.75) is 46.6 Å². The van der Waals surface area contributed by atoms with E-state index in [0.29, 0.717) is 5.75 Å². The highest BCUT2D eigenvalue weighted by atomic mass is 16.5. The van der Waals surface area contributed by atoms with Crippen LogP contribution in [0.15, 0.2) is 12.1 Å². The van der Waals surface area contributed by atoms with Crippen LogP contribution < -0.4 is 4.74 Å². The van der Waals surface area contributed by atoms with Gasteiger partial charge in [0.05, 0.1) is 0 Å². The predicted molar refractivity (Wildman–Crippen MR) is 62.6 cm³/mol. The van der Waals surface area contributed by atoms with Gasteiger partial charge in [-0.15, -0.1) is 0 Å². The van der Waals surface area contributed by atoms with E-state index in [1.807, 2.05) is 40.7 Å². The predicted octanol–water partition coefficient (Wildman–Crippen LogP) is 3.44. The molecule has 1 N–H and O–H groups in total. The molecule has 0 heterocycles. The molecule has 0 aliphatic heterocycles. The van der Waals surface area contributed by atoms with Crippen molar-refractivity contribution < 1.29 is 9.84 Å². The summed E-state index contributed by atoms with van der Waals surface area (Å²) >= 11 is 0. The molecule has 0 aliphatic carbocycles. The largest absolute Gasteiger partial charge is 0.508 e. The van der Waals surface area contributed by atoms with Gasteiger partial charge < -0.3 is 9.84 Å². The van der Waals surface area contributed by atoms with Crippen LogP contribution in [0, 0.1) is 6.92 Å². The molecule has 0 unspecified atom stereocenters. The molecule has 0 aliphatic rings. The van der Waals surface area contributed by atoms with Crippen LogP contribution in [-0.4, -0.2) is 10.7 Å². The second-order valence-electron chi connectivity index (χ2n) is 4.75. The lowest BCUT2D eigenvalue weighted by Crippen LogP contribution is -2.23. The Bertz CT molecular complexity index is 348. The van der Waals surface area contributed by atoms with E-state index in [9.17, 15) is 5.11 Å². The Labute approximate surface area is 91.9 Å². The molecule has 2 heteroatoms. The highest BCUT2D eigenvalue weighted by molar-refractivity contribution is 5.47. The summed E-state index contributed by atoms with van der Waals surface area (Å²) in [5, 5.41) is 9.66. The molecular weight excluding hydrogens is 188 g/mol. The van der Waals surface area contributed by atoms with Crippen molar-refractivity contribution in [2.24, 2.45) is 0 Å². The van der Waals surface area contributed by atoms with E-state index in [2.05, 4.69) is 0 Å². The maximum absolute atomic E-state index is 9.66. The van der Waals surface area contributed by atoms with Gasteiger partial charge in [0, 0.05) is 5.56 Å². The van der Waals surface area contributed by atoms with Gasteiger partial charge in [-0.3, -0.25) is 0 Å². The highest BCUT2D eigenvalue weighted by Crippen LogP contribution is 2.31. The Balaban J connectivity index is 3.11. The molecular formula is C13H20O2. The number of rotatable bonds is 2. The van der Waals surface area contributed by atoms with Gasteiger partial charge in [-0.2, -0.15) is 0 Å². The average molecular weight is 208 g/mol. The zero-order valence-corrected chi connectivity index (χ0v) is 10.2. The summed E-state index contributed by atoms with van der Waals surface area (Å²) in [6, 6.07) is 3.53. The second kappa shape index (κ2) is 4.13. The third kappa shape index (κ3) is 2.88. The van der Waals surface area contributed by atoms with Gasteiger partial charge in [-0.05, 0) is 51.8 Å². The maximum atomic E-state index is 9.66. The topological polar surface area (TPSA) is 29.5 Å². The lowest BCUT2D eigenvalue weighted by atomic mass is 10.0. The van der Waals surface area contributed by atoms with Gasteiger partial charge in [0.1, 0.15) is 17.1 Å². The summed E-state index contributed by atoms with van der Waals surface area (Å²) in [5.41, 5.74) is 1.80. The molecule has 0 spiro atoms. The van der Waals surface area contributed by atoms with Crippen molar-refractivity contribution in [2.75, 3.05) is 0 Å². The third-order valence-electron chi connectivity index (χ3n) is 2.29. The quantitative estimate of drug-likeness (QED) is 0.806. The van der Waals surface area contributed by atoms with Gasteiger partial charge in [0.2, 0.25) is 0 Å². The number of phenolic OH excluding ortho intramolecular Hbond substituents is 1. The first kappa shape index (κ1) is 11.9. The lowest BCUT2D eigenvalue weighted by molar-refractivity contribution is 0.129. The minimum atomic E-state index is -0.202. The molecule has 1 rings (SSSR count). The highest BCUT2D eigenvalue weighted by Gasteiger charge is 2.15. The first-order valence-electron chi connectivity index (χ1n) is 5.35. The Kier molecular flexibility index (Phi) is 3.28. The summed E-state index contributed by atoms with van der Waals surface area (Å²) in [4.78, 5) is 0. The van der Waals surface area contributed by atoms with Gasteiger partial charge in [-0.25, -0.2) is 0 Å². The van der Waals surface area contributed by atoms with E-state index in [4.69, 9.17) is 4.74 Å². The fourth-order valence-corrected chi connectivity index (χ4v) is 1.61.